The molecule has 6 heteroatoms. The molecule has 0 N–H and O–H groups in total. The van der Waals surface area contributed by atoms with Crippen molar-refractivity contribution in [1.82, 2.24) is 9.55 Å². The van der Waals surface area contributed by atoms with Crippen molar-refractivity contribution in [3.63, 3.8) is 0 Å². The Labute approximate surface area is 103 Å². The zero-order valence-corrected chi connectivity index (χ0v) is 10.3. The Morgan fingerprint density at radius 1 is 1.56 bits per heavy atom. The van der Waals surface area contributed by atoms with Crippen LogP contribution in [0.3, 0.4) is 0 Å². The highest BCUT2D eigenvalue weighted by Crippen LogP contribution is 2.20. The van der Waals surface area contributed by atoms with E-state index in [1.54, 1.807) is 0 Å². The quantitative estimate of drug-likeness (QED) is 0.767. The van der Waals surface area contributed by atoms with E-state index in [4.69, 9.17) is 27.9 Å². The molecule has 0 bridgehead atoms. The van der Waals surface area contributed by atoms with Gasteiger partial charge in [-0.15, -0.1) is 0 Å². The summed E-state index contributed by atoms with van der Waals surface area (Å²) in [4.78, 5) is 15.6. The van der Waals surface area contributed by atoms with Crippen molar-refractivity contribution in [3.8, 4) is 0 Å². The molecule has 0 saturated carbocycles. The van der Waals surface area contributed by atoms with Crippen LogP contribution in [-0.4, -0.2) is 21.8 Å². The van der Waals surface area contributed by atoms with Gasteiger partial charge in [0.25, 0.3) is 5.56 Å². The number of nitrogens with zero attached hydrogens (tertiary/aromatic N) is 2. The summed E-state index contributed by atoms with van der Waals surface area (Å²) in [6.07, 6.45) is 3.70. The topological polar surface area (TPSA) is 44.1 Å². The molecular formula is C10H12Cl2N2O2. The summed E-state index contributed by atoms with van der Waals surface area (Å²) in [5, 5.41) is 0.0128. The van der Waals surface area contributed by atoms with Gasteiger partial charge in [-0.1, -0.05) is 23.2 Å². The van der Waals surface area contributed by atoms with Crippen LogP contribution >= 0.6 is 23.2 Å². The van der Waals surface area contributed by atoms with Gasteiger partial charge in [-0.05, 0) is 19.8 Å². The van der Waals surface area contributed by atoms with E-state index in [0.29, 0.717) is 6.54 Å². The lowest BCUT2D eigenvalue weighted by Crippen LogP contribution is -2.27. The smallest absolute Gasteiger partial charge is 0.273 e. The monoisotopic (exact) mass is 262 g/mol. The van der Waals surface area contributed by atoms with Crippen LogP contribution in [0.2, 0.25) is 10.2 Å². The first-order chi connectivity index (χ1) is 7.58. The molecule has 1 aromatic heterocycles. The Kier molecular flexibility index (Phi) is 3.52. The number of halogens is 2. The summed E-state index contributed by atoms with van der Waals surface area (Å²) in [6, 6.07) is 0. The Bertz CT molecular complexity index is 447. The second-order valence-corrected chi connectivity index (χ2v) is 4.69. The molecule has 2 unspecified atom stereocenters. The Balaban J connectivity index is 2.16. The molecule has 2 heterocycles. The standard InChI is InChI=1S/C10H12Cl2N2O2/c1-6-2-3-7(16-6)4-14-5-13-9(12)8(11)10(14)15/h5-7H,2-4H2,1H3. The fourth-order valence-electron chi connectivity index (χ4n) is 1.81. The Morgan fingerprint density at radius 2 is 2.31 bits per heavy atom. The van der Waals surface area contributed by atoms with Gasteiger partial charge >= 0.3 is 0 Å². The van der Waals surface area contributed by atoms with Crippen molar-refractivity contribution in [1.29, 1.82) is 0 Å². The molecular weight excluding hydrogens is 251 g/mol. The largest absolute Gasteiger partial charge is 0.373 e. The van der Waals surface area contributed by atoms with Crippen molar-refractivity contribution in [3.05, 3.63) is 26.9 Å². The second kappa shape index (κ2) is 4.73. The molecule has 1 aliphatic rings. The predicted molar refractivity (Wildman–Crippen MR) is 62.1 cm³/mol. The third-order valence-corrected chi connectivity index (χ3v) is 3.38. The number of aromatic nitrogens is 2. The average Bonchev–Trinajstić information content (AvgIpc) is 2.65. The van der Waals surface area contributed by atoms with Gasteiger partial charge in [0, 0.05) is 0 Å². The Morgan fingerprint density at radius 3 is 2.94 bits per heavy atom. The third kappa shape index (κ3) is 2.39. The van der Waals surface area contributed by atoms with Crippen molar-refractivity contribution in [2.45, 2.75) is 38.5 Å². The summed E-state index contributed by atoms with van der Waals surface area (Å²) >= 11 is 11.4. The van der Waals surface area contributed by atoms with E-state index in [0.717, 1.165) is 12.8 Å². The van der Waals surface area contributed by atoms with Crippen LogP contribution in [0.5, 0.6) is 0 Å². The lowest BCUT2D eigenvalue weighted by molar-refractivity contribution is 0.0450. The highest BCUT2D eigenvalue weighted by atomic mass is 35.5. The predicted octanol–water partition coefficient (Wildman–Crippen LogP) is 2.12. The van der Waals surface area contributed by atoms with E-state index in [-0.39, 0.29) is 27.9 Å². The van der Waals surface area contributed by atoms with Crippen LogP contribution in [0.25, 0.3) is 0 Å². The summed E-state index contributed by atoms with van der Waals surface area (Å²) < 4.78 is 7.07. The molecule has 1 fully saturated rings. The fourth-order valence-corrected chi connectivity index (χ4v) is 2.09. The third-order valence-electron chi connectivity index (χ3n) is 2.66. The molecule has 0 amide bonds. The molecule has 1 aliphatic heterocycles. The number of ether oxygens (including phenoxy) is 1. The zero-order chi connectivity index (χ0) is 11.7. The van der Waals surface area contributed by atoms with Gasteiger partial charge in [0.15, 0.2) is 5.15 Å². The van der Waals surface area contributed by atoms with E-state index in [1.807, 2.05) is 6.92 Å². The fraction of sp³-hybridized carbons (Fsp3) is 0.600. The van der Waals surface area contributed by atoms with Gasteiger partial charge in [-0.25, -0.2) is 4.98 Å². The molecule has 0 spiro atoms. The van der Waals surface area contributed by atoms with Crippen LogP contribution in [0.4, 0.5) is 0 Å². The molecule has 0 radical (unpaired) electrons. The van der Waals surface area contributed by atoms with E-state index >= 15 is 0 Å². The van der Waals surface area contributed by atoms with E-state index in [1.165, 1.54) is 10.9 Å². The van der Waals surface area contributed by atoms with Crippen LogP contribution in [-0.2, 0) is 11.3 Å². The highest BCUT2D eigenvalue weighted by molar-refractivity contribution is 6.40. The molecule has 2 atom stereocenters. The maximum absolute atomic E-state index is 11.7. The van der Waals surface area contributed by atoms with Crippen LogP contribution in [0.1, 0.15) is 19.8 Å². The molecule has 1 aromatic rings. The molecule has 0 aliphatic carbocycles. The Hall–Kier alpha value is -0.580. The molecule has 88 valence electrons. The van der Waals surface area contributed by atoms with Crippen molar-refractivity contribution in [2.75, 3.05) is 0 Å². The highest BCUT2D eigenvalue weighted by Gasteiger charge is 2.22. The molecule has 4 nitrogen and oxygen atoms in total. The van der Waals surface area contributed by atoms with Crippen LogP contribution < -0.4 is 5.56 Å². The maximum Gasteiger partial charge on any atom is 0.273 e. The minimum Gasteiger partial charge on any atom is -0.373 e. The van der Waals surface area contributed by atoms with Gasteiger partial charge in [-0.3, -0.25) is 9.36 Å². The summed E-state index contributed by atoms with van der Waals surface area (Å²) in [5.41, 5.74) is -0.315. The maximum atomic E-state index is 11.7. The summed E-state index contributed by atoms with van der Waals surface area (Å²) in [6.45, 7) is 2.50. The first-order valence-electron chi connectivity index (χ1n) is 5.14. The van der Waals surface area contributed by atoms with E-state index in [2.05, 4.69) is 4.98 Å². The van der Waals surface area contributed by atoms with Gasteiger partial charge in [0.1, 0.15) is 5.02 Å². The molecule has 2 rings (SSSR count). The van der Waals surface area contributed by atoms with E-state index < -0.39 is 0 Å². The molecule has 0 aromatic carbocycles. The lowest BCUT2D eigenvalue weighted by Gasteiger charge is -2.12. The normalized spacial score (nSPS) is 24.9. The van der Waals surface area contributed by atoms with Crippen LogP contribution in [0, 0.1) is 0 Å². The van der Waals surface area contributed by atoms with Crippen LogP contribution in [0.15, 0.2) is 11.1 Å². The van der Waals surface area contributed by atoms with Gasteiger partial charge in [0.05, 0.1) is 25.1 Å². The van der Waals surface area contributed by atoms with Crippen molar-refractivity contribution in [2.24, 2.45) is 0 Å². The summed E-state index contributed by atoms with van der Waals surface area (Å²) in [7, 11) is 0. The minimum absolute atomic E-state index is 0.0322. The minimum atomic E-state index is -0.315. The average molecular weight is 263 g/mol. The van der Waals surface area contributed by atoms with E-state index in [9.17, 15) is 4.79 Å². The first kappa shape index (κ1) is 11.9. The number of hydrogen-bond acceptors (Lipinski definition) is 3. The van der Waals surface area contributed by atoms with Gasteiger partial charge in [0.2, 0.25) is 0 Å². The van der Waals surface area contributed by atoms with Gasteiger partial charge in [-0.2, -0.15) is 0 Å². The van der Waals surface area contributed by atoms with Crippen molar-refractivity contribution >= 4 is 23.2 Å². The van der Waals surface area contributed by atoms with Gasteiger partial charge < -0.3 is 4.74 Å². The van der Waals surface area contributed by atoms with Crippen molar-refractivity contribution < 1.29 is 4.74 Å². The molecule has 1 saturated heterocycles. The molecule has 16 heavy (non-hydrogen) atoms. The second-order valence-electron chi connectivity index (χ2n) is 3.95. The lowest BCUT2D eigenvalue weighted by atomic mass is 10.2. The number of rotatable bonds is 2. The summed E-state index contributed by atoms with van der Waals surface area (Å²) in [5.74, 6) is 0. The first-order valence-corrected chi connectivity index (χ1v) is 5.89. The zero-order valence-electron chi connectivity index (χ0n) is 8.82. The SMILES string of the molecule is CC1CCC(Cn2cnc(Cl)c(Cl)c2=O)O1. The number of hydrogen-bond donors (Lipinski definition) is 0.